The molecule has 0 spiro atoms. The Bertz CT molecular complexity index is 663. The van der Waals surface area contributed by atoms with E-state index >= 15 is 0 Å². The van der Waals surface area contributed by atoms with Gasteiger partial charge in [0.25, 0.3) is 5.91 Å². The molecule has 1 N–H and O–H groups in total. The fourth-order valence-corrected chi connectivity index (χ4v) is 1.89. The van der Waals surface area contributed by atoms with E-state index in [0.29, 0.717) is 11.3 Å². The van der Waals surface area contributed by atoms with Gasteiger partial charge in [0.15, 0.2) is 0 Å². The molecule has 104 valence electrons. The summed E-state index contributed by atoms with van der Waals surface area (Å²) in [7, 11) is 1.31. The van der Waals surface area contributed by atoms with Crippen LogP contribution in [0.25, 0.3) is 0 Å². The standard InChI is InChI=1S/C14H12ClNO4/c1-8-7-9(14(18)19-2)3-4-11(8)16-13(17)10-5-6-20-12(10)15/h3-7H,1-2H3,(H,16,17). The van der Waals surface area contributed by atoms with E-state index in [9.17, 15) is 9.59 Å². The molecule has 1 amide bonds. The summed E-state index contributed by atoms with van der Waals surface area (Å²) in [6.45, 7) is 1.78. The van der Waals surface area contributed by atoms with Crippen LogP contribution >= 0.6 is 11.6 Å². The number of ether oxygens (including phenoxy) is 1. The first kappa shape index (κ1) is 14.1. The van der Waals surface area contributed by atoms with E-state index in [2.05, 4.69) is 10.1 Å². The highest BCUT2D eigenvalue weighted by Crippen LogP contribution is 2.21. The first-order valence-corrected chi connectivity index (χ1v) is 6.14. The van der Waals surface area contributed by atoms with Crippen molar-refractivity contribution in [1.82, 2.24) is 0 Å². The number of hydrogen-bond acceptors (Lipinski definition) is 4. The van der Waals surface area contributed by atoms with Gasteiger partial charge in [0.1, 0.15) is 0 Å². The molecular weight excluding hydrogens is 282 g/mol. The smallest absolute Gasteiger partial charge is 0.337 e. The van der Waals surface area contributed by atoms with E-state index in [1.165, 1.54) is 19.4 Å². The third kappa shape index (κ3) is 2.83. The van der Waals surface area contributed by atoms with Crippen molar-refractivity contribution in [2.24, 2.45) is 0 Å². The second kappa shape index (κ2) is 5.79. The van der Waals surface area contributed by atoms with Crippen LogP contribution in [0, 0.1) is 6.92 Å². The van der Waals surface area contributed by atoms with Crippen molar-refractivity contribution in [2.45, 2.75) is 6.92 Å². The highest BCUT2D eigenvalue weighted by Gasteiger charge is 2.15. The largest absolute Gasteiger partial charge is 0.465 e. The van der Waals surface area contributed by atoms with Crippen LogP contribution in [0.5, 0.6) is 0 Å². The number of amides is 1. The van der Waals surface area contributed by atoms with Gasteiger partial charge >= 0.3 is 5.97 Å². The Labute approximate surface area is 120 Å². The van der Waals surface area contributed by atoms with E-state index in [4.69, 9.17) is 16.0 Å². The van der Waals surface area contributed by atoms with E-state index in [-0.39, 0.29) is 16.7 Å². The molecule has 0 saturated carbocycles. The van der Waals surface area contributed by atoms with Crippen LogP contribution < -0.4 is 5.32 Å². The maximum absolute atomic E-state index is 12.0. The number of rotatable bonds is 3. The van der Waals surface area contributed by atoms with Crippen molar-refractivity contribution >= 4 is 29.2 Å². The maximum Gasteiger partial charge on any atom is 0.337 e. The summed E-state index contributed by atoms with van der Waals surface area (Å²) in [5.74, 6) is -0.804. The quantitative estimate of drug-likeness (QED) is 0.882. The van der Waals surface area contributed by atoms with Gasteiger partial charge in [-0.25, -0.2) is 4.79 Å². The molecule has 0 aliphatic rings. The SMILES string of the molecule is COC(=O)c1ccc(NC(=O)c2ccoc2Cl)c(C)c1. The molecular formula is C14H12ClNO4. The van der Waals surface area contributed by atoms with Crippen LogP contribution in [0.4, 0.5) is 5.69 Å². The van der Waals surface area contributed by atoms with Gasteiger partial charge in [-0.3, -0.25) is 4.79 Å². The minimum Gasteiger partial charge on any atom is -0.465 e. The highest BCUT2D eigenvalue weighted by molar-refractivity contribution is 6.32. The Kier molecular flexibility index (Phi) is 4.10. The fourth-order valence-electron chi connectivity index (χ4n) is 1.69. The fraction of sp³-hybridized carbons (Fsp3) is 0.143. The summed E-state index contributed by atoms with van der Waals surface area (Å²) in [6.07, 6.45) is 1.34. The van der Waals surface area contributed by atoms with E-state index in [0.717, 1.165) is 5.56 Å². The Morgan fingerprint density at radius 3 is 2.60 bits per heavy atom. The topological polar surface area (TPSA) is 68.5 Å². The summed E-state index contributed by atoms with van der Waals surface area (Å²) in [5, 5.41) is 2.74. The van der Waals surface area contributed by atoms with Crippen LogP contribution in [-0.4, -0.2) is 19.0 Å². The number of halogens is 1. The molecule has 1 heterocycles. The number of nitrogens with one attached hydrogen (secondary N) is 1. The number of benzene rings is 1. The van der Waals surface area contributed by atoms with Gasteiger partial charge in [-0.05, 0) is 48.4 Å². The zero-order valence-corrected chi connectivity index (χ0v) is 11.7. The number of methoxy groups -OCH3 is 1. The van der Waals surface area contributed by atoms with E-state index in [1.54, 1.807) is 25.1 Å². The Balaban J connectivity index is 2.20. The summed E-state index contributed by atoms with van der Waals surface area (Å²) in [6, 6.07) is 6.33. The van der Waals surface area contributed by atoms with Crippen molar-refractivity contribution in [2.75, 3.05) is 12.4 Å². The number of carbonyl (C=O) groups excluding carboxylic acids is 2. The lowest BCUT2D eigenvalue weighted by atomic mass is 10.1. The predicted molar refractivity (Wildman–Crippen MR) is 74.2 cm³/mol. The van der Waals surface area contributed by atoms with Crippen molar-refractivity contribution in [3.05, 3.63) is 52.4 Å². The molecule has 0 saturated heterocycles. The van der Waals surface area contributed by atoms with Crippen LogP contribution in [0.2, 0.25) is 5.22 Å². The molecule has 0 fully saturated rings. The minimum atomic E-state index is -0.427. The van der Waals surface area contributed by atoms with E-state index in [1.807, 2.05) is 0 Å². The predicted octanol–water partition coefficient (Wildman–Crippen LogP) is 3.28. The monoisotopic (exact) mass is 293 g/mol. The van der Waals surface area contributed by atoms with Crippen LogP contribution in [0.3, 0.4) is 0 Å². The molecule has 0 aliphatic carbocycles. The lowest BCUT2D eigenvalue weighted by Gasteiger charge is -2.09. The zero-order valence-electron chi connectivity index (χ0n) is 10.9. The highest BCUT2D eigenvalue weighted by atomic mass is 35.5. The van der Waals surface area contributed by atoms with Gasteiger partial charge in [-0.2, -0.15) is 0 Å². The number of carbonyl (C=O) groups is 2. The summed E-state index contributed by atoms with van der Waals surface area (Å²) in [5.41, 5.74) is 1.99. The molecule has 0 unspecified atom stereocenters. The maximum atomic E-state index is 12.0. The lowest BCUT2D eigenvalue weighted by molar-refractivity contribution is 0.0600. The van der Waals surface area contributed by atoms with Gasteiger partial charge < -0.3 is 14.5 Å². The Morgan fingerprint density at radius 1 is 1.30 bits per heavy atom. The van der Waals surface area contributed by atoms with Crippen LogP contribution in [-0.2, 0) is 4.74 Å². The van der Waals surface area contributed by atoms with Gasteiger partial charge in [0.2, 0.25) is 5.22 Å². The normalized spacial score (nSPS) is 10.2. The molecule has 2 rings (SSSR count). The first-order chi connectivity index (χ1) is 9.52. The molecule has 6 heteroatoms. The number of hydrogen-bond donors (Lipinski definition) is 1. The number of esters is 1. The molecule has 20 heavy (non-hydrogen) atoms. The average Bonchev–Trinajstić information content (AvgIpc) is 2.86. The van der Waals surface area contributed by atoms with Gasteiger partial charge in [0, 0.05) is 5.69 Å². The molecule has 1 aromatic heterocycles. The van der Waals surface area contributed by atoms with Crippen molar-refractivity contribution < 1.29 is 18.7 Å². The Hall–Kier alpha value is -2.27. The summed E-state index contributed by atoms with van der Waals surface area (Å²) in [4.78, 5) is 23.4. The molecule has 5 nitrogen and oxygen atoms in total. The second-order valence-electron chi connectivity index (χ2n) is 4.08. The number of furan rings is 1. The molecule has 0 aliphatic heterocycles. The second-order valence-corrected chi connectivity index (χ2v) is 4.43. The minimum absolute atomic E-state index is 0.0336. The first-order valence-electron chi connectivity index (χ1n) is 5.76. The van der Waals surface area contributed by atoms with Gasteiger partial charge in [-0.1, -0.05) is 0 Å². The molecule has 0 radical (unpaired) electrons. The molecule has 1 aromatic carbocycles. The van der Waals surface area contributed by atoms with Gasteiger partial charge in [0.05, 0.1) is 24.5 Å². The lowest BCUT2D eigenvalue weighted by Crippen LogP contribution is -2.13. The van der Waals surface area contributed by atoms with Crippen molar-refractivity contribution in [1.29, 1.82) is 0 Å². The van der Waals surface area contributed by atoms with Crippen molar-refractivity contribution in [3.8, 4) is 0 Å². The van der Waals surface area contributed by atoms with Gasteiger partial charge in [-0.15, -0.1) is 0 Å². The molecule has 0 bridgehead atoms. The van der Waals surface area contributed by atoms with Crippen LogP contribution in [0.15, 0.2) is 34.9 Å². The van der Waals surface area contributed by atoms with E-state index < -0.39 is 5.97 Å². The third-order valence-electron chi connectivity index (χ3n) is 2.76. The summed E-state index contributed by atoms with van der Waals surface area (Å²) >= 11 is 5.74. The average molecular weight is 294 g/mol. The summed E-state index contributed by atoms with van der Waals surface area (Å²) < 4.78 is 9.49. The number of anilines is 1. The zero-order chi connectivity index (χ0) is 14.7. The molecule has 2 aromatic rings. The Morgan fingerprint density at radius 2 is 2.05 bits per heavy atom. The number of aryl methyl sites for hydroxylation is 1. The van der Waals surface area contributed by atoms with Crippen molar-refractivity contribution in [3.63, 3.8) is 0 Å². The third-order valence-corrected chi connectivity index (χ3v) is 3.05. The van der Waals surface area contributed by atoms with Crippen LogP contribution in [0.1, 0.15) is 26.3 Å². The molecule has 0 atom stereocenters.